The fourth-order valence-corrected chi connectivity index (χ4v) is 2.60. The van der Waals surface area contributed by atoms with Crippen molar-refractivity contribution in [2.45, 2.75) is 33.1 Å². The Labute approximate surface area is 159 Å². The van der Waals surface area contributed by atoms with Crippen LogP contribution in [-0.2, 0) is 29.9 Å². The summed E-state index contributed by atoms with van der Waals surface area (Å²) in [6, 6.07) is 4.26. The smallest absolute Gasteiger partial charge is 0.335 e. The van der Waals surface area contributed by atoms with E-state index >= 15 is 0 Å². The van der Waals surface area contributed by atoms with Crippen molar-refractivity contribution in [3.63, 3.8) is 0 Å². The van der Waals surface area contributed by atoms with Gasteiger partial charge in [-0.15, -0.1) is 0 Å². The van der Waals surface area contributed by atoms with Crippen LogP contribution in [0.1, 0.15) is 33.3 Å². The summed E-state index contributed by atoms with van der Waals surface area (Å²) in [4.78, 5) is 23.4. The lowest BCUT2D eigenvalue weighted by Crippen LogP contribution is -2.27. The quantitative estimate of drug-likeness (QED) is 0.288. The van der Waals surface area contributed by atoms with Crippen LogP contribution in [0.5, 0.6) is 11.5 Å². The molecule has 0 saturated heterocycles. The van der Waals surface area contributed by atoms with E-state index in [2.05, 4.69) is 0 Å². The zero-order valence-electron chi connectivity index (χ0n) is 16.0. The van der Waals surface area contributed by atoms with Gasteiger partial charge in [0.1, 0.15) is 18.1 Å². The fourth-order valence-electron chi connectivity index (χ4n) is 2.15. The first-order chi connectivity index (χ1) is 12.5. The van der Waals surface area contributed by atoms with E-state index in [-0.39, 0.29) is 18.1 Å². The van der Waals surface area contributed by atoms with E-state index in [1.54, 1.807) is 33.8 Å². The lowest BCUT2D eigenvalue weighted by molar-refractivity contribution is -0.139. The molecule has 0 fully saturated rings. The Hall–Kier alpha value is -2.61. The van der Waals surface area contributed by atoms with Crippen LogP contribution in [0.2, 0.25) is 0 Å². The van der Waals surface area contributed by atoms with Gasteiger partial charge in [0.25, 0.3) is 0 Å². The van der Waals surface area contributed by atoms with E-state index in [0.717, 1.165) is 6.26 Å². The van der Waals surface area contributed by atoms with E-state index in [1.165, 1.54) is 36.4 Å². The Bertz CT molecular complexity index is 849. The van der Waals surface area contributed by atoms with Gasteiger partial charge in [0, 0.05) is 23.1 Å². The molecule has 0 aliphatic heterocycles. The average molecular weight is 396 g/mol. The van der Waals surface area contributed by atoms with Gasteiger partial charge in [-0.1, -0.05) is 26.0 Å². The molecule has 1 aromatic carbocycles. The van der Waals surface area contributed by atoms with Crippen molar-refractivity contribution in [1.82, 2.24) is 0 Å². The molecule has 1 rings (SSSR count). The molecule has 1 aromatic rings. The Balaban J connectivity index is 3.28. The van der Waals surface area contributed by atoms with Gasteiger partial charge in [-0.3, -0.25) is 0 Å². The van der Waals surface area contributed by atoms with Gasteiger partial charge in [0.05, 0.1) is 6.26 Å². The number of carbonyl (C=O) groups excluding carboxylic acids is 2. The second kappa shape index (κ2) is 9.36. The van der Waals surface area contributed by atoms with E-state index in [0.29, 0.717) is 5.56 Å². The third-order valence-electron chi connectivity index (χ3n) is 3.32. The number of allylic oxidation sites excluding steroid dienone is 2. The number of esters is 2. The highest BCUT2D eigenvalue weighted by molar-refractivity contribution is 7.86. The molecule has 0 aliphatic rings. The molecule has 0 spiro atoms. The predicted octanol–water partition coefficient (Wildman–Crippen LogP) is 2.90. The van der Waals surface area contributed by atoms with Crippen LogP contribution in [0.15, 0.2) is 42.5 Å². The summed E-state index contributed by atoms with van der Waals surface area (Å²) in [7, 11) is -3.73. The SMILES string of the molecule is CC=CC(=O)OCC(C)(C)c1cc(OS(C)(=O)=O)ccc1OC(=O)C=CC. The summed E-state index contributed by atoms with van der Waals surface area (Å²) in [5.74, 6) is -0.823. The summed E-state index contributed by atoms with van der Waals surface area (Å²) in [5.41, 5.74) is -0.339. The van der Waals surface area contributed by atoms with Gasteiger partial charge >= 0.3 is 22.1 Å². The van der Waals surface area contributed by atoms with Crippen molar-refractivity contribution in [2.75, 3.05) is 12.9 Å². The number of rotatable bonds is 8. The zero-order valence-corrected chi connectivity index (χ0v) is 16.8. The summed E-state index contributed by atoms with van der Waals surface area (Å²) >= 11 is 0. The maximum Gasteiger partial charge on any atom is 0.335 e. The molecule has 0 heterocycles. The molecular weight excluding hydrogens is 372 g/mol. The molecule has 0 atom stereocenters. The van der Waals surface area contributed by atoms with Crippen LogP contribution in [0, 0.1) is 0 Å². The van der Waals surface area contributed by atoms with Crippen molar-refractivity contribution in [3.05, 3.63) is 48.1 Å². The van der Waals surface area contributed by atoms with Gasteiger partial charge in [0.2, 0.25) is 0 Å². The van der Waals surface area contributed by atoms with Gasteiger partial charge in [0.15, 0.2) is 0 Å². The standard InChI is InChI=1S/C19H24O7S/c1-6-8-17(20)24-13-19(3,4)15-12-14(26-27(5,22)23)10-11-16(15)25-18(21)9-7-2/h6-12H,13H2,1-5H3. The normalized spacial score (nSPS) is 12.3. The lowest BCUT2D eigenvalue weighted by Gasteiger charge is -2.27. The number of hydrogen-bond donors (Lipinski definition) is 0. The third kappa shape index (κ3) is 7.65. The summed E-state index contributed by atoms with van der Waals surface area (Å²) in [6.45, 7) is 6.88. The van der Waals surface area contributed by atoms with Crippen LogP contribution < -0.4 is 8.92 Å². The average Bonchev–Trinajstić information content (AvgIpc) is 2.53. The first-order valence-corrected chi connectivity index (χ1v) is 9.98. The number of ether oxygens (including phenoxy) is 2. The minimum Gasteiger partial charge on any atom is -0.462 e. The predicted molar refractivity (Wildman–Crippen MR) is 101 cm³/mol. The van der Waals surface area contributed by atoms with Crippen LogP contribution >= 0.6 is 0 Å². The molecule has 7 nitrogen and oxygen atoms in total. The molecule has 148 valence electrons. The first kappa shape index (κ1) is 22.4. The molecule has 0 unspecified atom stereocenters. The highest BCUT2D eigenvalue weighted by Crippen LogP contribution is 2.35. The summed E-state index contributed by atoms with van der Waals surface area (Å²) < 4.78 is 38.3. The molecule has 0 amide bonds. The number of hydrogen-bond acceptors (Lipinski definition) is 7. The fraction of sp³-hybridized carbons (Fsp3) is 0.368. The first-order valence-electron chi connectivity index (χ1n) is 8.16. The topological polar surface area (TPSA) is 96.0 Å². The minimum absolute atomic E-state index is 0.0212. The van der Waals surface area contributed by atoms with Crippen molar-refractivity contribution >= 4 is 22.1 Å². The van der Waals surface area contributed by atoms with Gasteiger partial charge in [-0.2, -0.15) is 8.42 Å². The van der Waals surface area contributed by atoms with Crippen LogP contribution in [0.25, 0.3) is 0 Å². The van der Waals surface area contributed by atoms with Gasteiger partial charge < -0.3 is 13.7 Å². The Morgan fingerprint density at radius 3 is 2.22 bits per heavy atom. The molecular formula is C19H24O7S. The second-order valence-electron chi connectivity index (χ2n) is 6.36. The van der Waals surface area contributed by atoms with Crippen molar-refractivity contribution in [1.29, 1.82) is 0 Å². The lowest BCUT2D eigenvalue weighted by atomic mass is 9.84. The Morgan fingerprint density at radius 2 is 1.67 bits per heavy atom. The molecule has 0 aromatic heterocycles. The van der Waals surface area contributed by atoms with Crippen LogP contribution in [0.4, 0.5) is 0 Å². The van der Waals surface area contributed by atoms with E-state index in [4.69, 9.17) is 13.7 Å². The van der Waals surface area contributed by atoms with Crippen molar-refractivity contribution in [3.8, 4) is 11.5 Å². The van der Waals surface area contributed by atoms with E-state index in [9.17, 15) is 18.0 Å². The molecule has 27 heavy (non-hydrogen) atoms. The second-order valence-corrected chi connectivity index (χ2v) is 7.93. The van der Waals surface area contributed by atoms with Crippen LogP contribution in [-0.4, -0.2) is 33.2 Å². The highest BCUT2D eigenvalue weighted by Gasteiger charge is 2.28. The summed E-state index contributed by atoms with van der Waals surface area (Å²) in [5, 5.41) is 0. The van der Waals surface area contributed by atoms with Crippen molar-refractivity contribution in [2.24, 2.45) is 0 Å². The molecule has 0 aliphatic carbocycles. The largest absolute Gasteiger partial charge is 0.462 e. The molecule has 0 N–H and O–H groups in total. The van der Waals surface area contributed by atoms with E-state index in [1.807, 2.05) is 0 Å². The highest BCUT2D eigenvalue weighted by atomic mass is 32.2. The molecule has 8 heteroatoms. The summed E-state index contributed by atoms with van der Waals surface area (Å²) in [6.07, 6.45) is 6.56. The van der Waals surface area contributed by atoms with Gasteiger partial charge in [-0.25, -0.2) is 9.59 Å². The third-order valence-corrected chi connectivity index (χ3v) is 3.81. The maximum atomic E-state index is 11.8. The number of benzene rings is 1. The van der Waals surface area contributed by atoms with Gasteiger partial charge in [-0.05, 0) is 32.0 Å². The van der Waals surface area contributed by atoms with E-state index < -0.39 is 27.5 Å². The molecule has 0 saturated carbocycles. The monoisotopic (exact) mass is 396 g/mol. The number of carbonyl (C=O) groups is 2. The maximum absolute atomic E-state index is 11.8. The Kier molecular flexibility index (Phi) is 7.78. The molecule has 0 bridgehead atoms. The zero-order chi connectivity index (χ0) is 20.7. The Morgan fingerprint density at radius 1 is 1.07 bits per heavy atom. The van der Waals surface area contributed by atoms with Crippen LogP contribution in [0.3, 0.4) is 0 Å². The minimum atomic E-state index is -3.73. The molecule has 0 radical (unpaired) electrons. The van der Waals surface area contributed by atoms with Crippen molar-refractivity contribution < 1.29 is 31.7 Å².